The van der Waals surface area contributed by atoms with Crippen molar-refractivity contribution in [2.75, 3.05) is 12.4 Å². The van der Waals surface area contributed by atoms with Crippen molar-refractivity contribution >= 4 is 17.3 Å². The molecule has 1 atom stereocenters. The zero-order chi connectivity index (χ0) is 17.0. The number of rotatable bonds is 5. The Morgan fingerprint density at radius 1 is 1.30 bits per heavy atom. The minimum absolute atomic E-state index is 0.150. The molecule has 0 saturated heterocycles. The van der Waals surface area contributed by atoms with E-state index in [4.69, 9.17) is 4.74 Å². The number of anilines is 1. The van der Waals surface area contributed by atoms with Crippen LogP contribution in [0.15, 0.2) is 42.5 Å². The summed E-state index contributed by atoms with van der Waals surface area (Å²) in [6.07, 6.45) is -0.150. The smallest absolute Gasteiger partial charge is 0.272 e. The van der Waals surface area contributed by atoms with Crippen LogP contribution in [0.4, 0.5) is 15.8 Å². The van der Waals surface area contributed by atoms with Gasteiger partial charge in [0, 0.05) is 18.9 Å². The number of ether oxygens (including phenoxy) is 1. The first-order valence-corrected chi connectivity index (χ1v) is 6.80. The number of nitro groups is 1. The molecule has 1 unspecified atom stereocenters. The van der Waals surface area contributed by atoms with Crippen LogP contribution < -0.4 is 5.32 Å². The standard InChI is InChI=1S/C16H15FN2O4/c1-10(23-2)11-4-3-5-12(8-11)18-16(20)14-7-6-13(19(21)22)9-15(14)17/h3-10H,1-2H3,(H,18,20). The van der Waals surface area contributed by atoms with E-state index in [2.05, 4.69) is 5.32 Å². The largest absolute Gasteiger partial charge is 0.377 e. The van der Waals surface area contributed by atoms with Gasteiger partial charge in [-0.3, -0.25) is 14.9 Å². The second kappa shape index (κ2) is 6.97. The molecule has 7 heteroatoms. The van der Waals surface area contributed by atoms with Crippen LogP contribution in [0.2, 0.25) is 0 Å². The lowest BCUT2D eigenvalue weighted by Crippen LogP contribution is -2.14. The first-order valence-electron chi connectivity index (χ1n) is 6.80. The van der Waals surface area contributed by atoms with E-state index in [-0.39, 0.29) is 11.7 Å². The van der Waals surface area contributed by atoms with Gasteiger partial charge in [0.2, 0.25) is 0 Å². The topological polar surface area (TPSA) is 81.5 Å². The Hall–Kier alpha value is -2.80. The molecule has 0 aromatic heterocycles. The Balaban J connectivity index is 2.21. The Kier molecular flexibility index (Phi) is 5.02. The minimum Gasteiger partial charge on any atom is -0.377 e. The van der Waals surface area contributed by atoms with Crippen LogP contribution in [-0.2, 0) is 4.74 Å². The lowest BCUT2D eigenvalue weighted by atomic mass is 10.1. The third-order valence-corrected chi connectivity index (χ3v) is 3.38. The van der Waals surface area contributed by atoms with E-state index < -0.39 is 22.3 Å². The third kappa shape index (κ3) is 3.89. The number of amides is 1. The molecule has 2 aromatic rings. The van der Waals surface area contributed by atoms with Crippen LogP contribution in [0.1, 0.15) is 28.9 Å². The number of nitrogens with zero attached hydrogens (tertiary/aromatic N) is 1. The summed E-state index contributed by atoms with van der Waals surface area (Å²) in [5, 5.41) is 13.1. The molecule has 2 rings (SSSR count). The molecular formula is C16H15FN2O4. The van der Waals surface area contributed by atoms with Crippen LogP contribution in [0.25, 0.3) is 0 Å². The maximum Gasteiger partial charge on any atom is 0.272 e. The Bertz CT molecular complexity index is 749. The van der Waals surface area contributed by atoms with Crippen LogP contribution in [0.5, 0.6) is 0 Å². The molecule has 0 bridgehead atoms. The number of nitrogens with one attached hydrogen (secondary N) is 1. The fourth-order valence-corrected chi connectivity index (χ4v) is 2.01. The van der Waals surface area contributed by atoms with Crippen LogP contribution in [0, 0.1) is 15.9 Å². The van der Waals surface area contributed by atoms with E-state index in [1.54, 1.807) is 25.3 Å². The van der Waals surface area contributed by atoms with Crippen molar-refractivity contribution in [3.8, 4) is 0 Å². The van der Waals surface area contributed by atoms with E-state index in [9.17, 15) is 19.3 Å². The van der Waals surface area contributed by atoms with E-state index >= 15 is 0 Å². The molecule has 6 nitrogen and oxygen atoms in total. The Labute approximate surface area is 132 Å². The number of methoxy groups -OCH3 is 1. The number of carbonyl (C=O) groups is 1. The normalized spacial score (nSPS) is 11.8. The second-order valence-electron chi connectivity index (χ2n) is 4.88. The van der Waals surface area contributed by atoms with Crippen molar-refractivity contribution in [1.82, 2.24) is 0 Å². The number of hydrogen-bond donors (Lipinski definition) is 1. The molecule has 0 heterocycles. The van der Waals surface area contributed by atoms with Gasteiger partial charge < -0.3 is 10.1 Å². The zero-order valence-electron chi connectivity index (χ0n) is 12.6. The van der Waals surface area contributed by atoms with Gasteiger partial charge in [-0.1, -0.05) is 12.1 Å². The SMILES string of the molecule is COC(C)c1cccc(NC(=O)c2ccc([N+](=O)[O-])cc2F)c1. The highest BCUT2D eigenvalue weighted by Crippen LogP contribution is 2.21. The van der Waals surface area contributed by atoms with Crippen LogP contribution >= 0.6 is 0 Å². The number of nitro benzene ring substituents is 1. The number of hydrogen-bond acceptors (Lipinski definition) is 4. The lowest BCUT2D eigenvalue weighted by molar-refractivity contribution is -0.385. The van der Waals surface area contributed by atoms with Gasteiger partial charge in [-0.05, 0) is 30.7 Å². The zero-order valence-corrected chi connectivity index (χ0v) is 12.6. The van der Waals surface area contributed by atoms with E-state index in [1.165, 1.54) is 0 Å². The van der Waals surface area contributed by atoms with Gasteiger partial charge in [0.05, 0.1) is 22.7 Å². The quantitative estimate of drug-likeness (QED) is 0.673. The molecule has 120 valence electrons. The van der Waals surface area contributed by atoms with Gasteiger partial charge in [-0.15, -0.1) is 0 Å². The summed E-state index contributed by atoms with van der Waals surface area (Å²) in [7, 11) is 1.57. The van der Waals surface area contributed by atoms with Crippen molar-refractivity contribution in [3.05, 3.63) is 69.5 Å². The molecule has 0 aliphatic rings. The van der Waals surface area contributed by atoms with Crippen LogP contribution in [0.3, 0.4) is 0 Å². The summed E-state index contributed by atoms with van der Waals surface area (Å²) in [6, 6.07) is 9.86. The molecule has 23 heavy (non-hydrogen) atoms. The first-order chi connectivity index (χ1) is 10.9. The van der Waals surface area contributed by atoms with Crippen molar-refractivity contribution in [2.24, 2.45) is 0 Å². The summed E-state index contributed by atoms with van der Waals surface area (Å²) < 4.78 is 19.0. The van der Waals surface area contributed by atoms with Crippen molar-refractivity contribution in [2.45, 2.75) is 13.0 Å². The number of non-ortho nitro benzene ring substituents is 1. The summed E-state index contributed by atoms with van der Waals surface area (Å²) in [6.45, 7) is 1.86. The third-order valence-electron chi connectivity index (χ3n) is 3.38. The van der Waals surface area contributed by atoms with Crippen molar-refractivity contribution < 1.29 is 18.8 Å². The molecule has 0 spiro atoms. The molecule has 1 amide bonds. The van der Waals surface area contributed by atoms with Gasteiger partial charge in [-0.25, -0.2) is 4.39 Å². The maximum atomic E-state index is 13.8. The average molecular weight is 318 g/mol. The molecule has 0 saturated carbocycles. The molecular weight excluding hydrogens is 303 g/mol. The highest BCUT2D eigenvalue weighted by molar-refractivity contribution is 6.04. The Morgan fingerprint density at radius 3 is 2.65 bits per heavy atom. The predicted octanol–water partition coefficient (Wildman–Crippen LogP) is 3.69. The lowest BCUT2D eigenvalue weighted by Gasteiger charge is -2.12. The van der Waals surface area contributed by atoms with Gasteiger partial charge in [0.1, 0.15) is 5.82 Å². The fourth-order valence-electron chi connectivity index (χ4n) is 2.01. The average Bonchev–Trinajstić information content (AvgIpc) is 2.53. The molecule has 0 fully saturated rings. The number of halogens is 1. The van der Waals surface area contributed by atoms with Crippen molar-refractivity contribution in [1.29, 1.82) is 0 Å². The monoisotopic (exact) mass is 318 g/mol. The highest BCUT2D eigenvalue weighted by Gasteiger charge is 2.16. The fraction of sp³-hybridized carbons (Fsp3) is 0.188. The minimum atomic E-state index is -0.946. The van der Waals surface area contributed by atoms with E-state index in [1.807, 2.05) is 13.0 Å². The molecule has 0 radical (unpaired) electrons. The van der Waals surface area contributed by atoms with Gasteiger partial charge in [-0.2, -0.15) is 0 Å². The second-order valence-corrected chi connectivity index (χ2v) is 4.88. The number of carbonyl (C=O) groups excluding carboxylic acids is 1. The molecule has 1 N–H and O–H groups in total. The van der Waals surface area contributed by atoms with E-state index in [0.29, 0.717) is 5.69 Å². The van der Waals surface area contributed by atoms with Crippen LogP contribution in [-0.4, -0.2) is 17.9 Å². The maximum absolute atomic E-state index is 13.8. The Morgan fingerprint density at radius 2 is 2.04 bits per heavy atom. The van der Waals surface area contributed by atoms with Gasteiger partial charge in [0.25, 0.3) is 11.6 Å². The molecule has 0 aliphatic carbocycles. The van der Waals surface area contributed by atoms with Crippen molar-refractivity contribution in [3.63, 3.8) is 0 Å². The van der Waals surface area contributed by atoms with Gasteiger partial charge in [0.15, 0.2) is 0 Å². The summed E-state index contributed by atoms with van der Waals surface area (Å²) in [5.74, 6) is -1.63. The first kappa shape index (κ1) is 16.6. The summed E-state index contributed by atoms with van der Waals surface area (Å²) in [4.78, 5) is 22.0. The number of benzene rings is 2. The van der Waals surface area contributed by atoms with Gasteiger partial charge >= 0.3 is 0 Å². The predicted molar refractivity (Wildman–Crippen MR) is 82.9 cm³/mol. The molecule has 2 aromatic carbocycles. The van der Waals surface area contributed by atoms with E-state index in [0.717, 1.165) is 23.8 Å². The molecule has 0 aliphatic heterocycles. The summed E-state index contributed by atoms with van der Waals surface area (Å²) in [5.41, 5.74) is 0.666. The summed E-state index contributed by atoms with van der Waals surface area (Å²) >= 11 is 0. The highest BCUT2D eigenvalue weighted by atomic mass is 19.1.